The number of methoxy groups -OCH3 is 1. The van der Waals surface area contributed by atoms with E-state index in [0.29, 0.717) is 6.42 Å². The number of ether oxygens (including phenoxy) is 1. The number of esters is 1. The van der Waals surface area contributed by atoms with Crippen LogP contribution in [0.25, 0.3) is 0 Å². The van der Waals surface area contributed by atoms with Crippen molar-refractivity contribution in [3.63, 3.8) is 0 Å². The van der Waals surface area contributed by atoms with Crippen molar-refractivity contribution in [2.24, 2.45) is 0 Å². The van der Waals surface area contributed by atoms with Crippen LogP contribution in [0.3, 0.4) is 0 Å². The first-order chi connectivity index (χ1) is 9.02. The standard InChI is InChI=1S/C14H17NO4/c1-10(16)8-13(17)15-12(14(18)19-2)9-11-6-4-3-5-7-11/h3-7,12H,8-9H2,1-2H3,(H,15,17)/t12-/m0/s1. The lowest BCUT2D eigenvalue weighted by Crippen LogP contribution is -2.43. The van der Waals surface area contributed by atoms with E-state index in [2.05, 4.69) is 10.1 Å². The van der Waals surface area contributed by atoms with Crippen molar-refractivity contribution < 1.29 is 19.1 Å². The second kappa shape index (κ2) is 7.31. The van der Waals surface area contributed by atoms with Crippen LogP contribution in [0.1, 0.15) is 18.9 Å². The molecule has 0 unspecified atom stereocenters. The van der Waals surface area contributed by atoms with E-state index in [1.54, 1.807) is 0 Å². The molecule has 0 aliphatic heterocycles. The van der Waals surface area contributed by atoms with Crippen LogP contribution in [0.15, 0.2) is 30.3 Å². The molecule has 5 heteroatoms. The third kappa shape index (κ3) is 5.33. The zero-order valence-corrected chi connectivity index (χ0v) is 11.0. The molecule has 0 aliphatic carbocycles. The minimum absolute atomic E-state index is 0.234. The lowest BCUT2D eigenvalue weighted by atomic mass is 10.1. The fraction of sp³-hybridized carbons (Fsp3) is 0.357. The number of rotatable bonds is 6. The molecule has 1 amide bonds. The highest BCUT2D eigenvalue weighted by atomic mass is 16.5. The van der Waals surface area contributed by atoms with Crippen LogP contribution in [0, 0.1) is 0 Å². The number of amides is 1. The molecule has 0 heterocycles. The van der Waals surface area contributed by atoms with Crippen molar-refractivity contribution >= 4 is 17.7 Å². The van der Waals surface area contributed by atoms with E-state index in [4.69, 9.17) is 0 Å². The van der Waals surface area contributed by atoms with Gasteiger partial charge in [0.15, 0.2) is 0 Å². The van der Waals surface area contributed by atoms with E-state index in [1.807, 2.05) is 30.3 Å². The van der Waals surface area contributed by atoms with E-state index in [9.17, 15) is 14.4 Å². The van der Waals surface area contributed by atoms with Gasteiger partial charge in [0.05, 0.1) is 13.5 Å². The molecule has 0 saturated carbocycles. The minimum atomic E-state index is -0.778. The SMILES string of the molecule is COC(=O)[C@H](Cc1ccccc1)NC(=O)CC(C)=O. The van der Waals surface area contributed by atoms with Gasteiger partial charge < -0.3 is 10.1 Å². The summed E-state index contributed by atoms with van der Waals surface area (Å²) < 4.78 is 4.65. The second-order valence-corrected chi connectivity index (χ2v) is 4.21. The summed E-state index contributed by atoms with van der Waals surface area (Å²) in [7, 11) is 1.26. The molecular weight excluding hydrogens is 246 g/mol. The highest BCUT2D eigenvalue weighted by Crippen LogP contribution is 2.05. The third-order valence-electron chi connectivity index (χ3n) is 2.51. The van der Waals surface area contributed by atoms with Crippen molar-refractivity contribution in [1.29, 1.82) is 0 Å². The summed E-state index contributed by atoms with van der Waals surface area (Å²) in [6.07, 6.45) is 0.0967. The fourth-order valence-electron chi connectivity index (χ4n) is 1.66. The Kier molecular flexibility index (Phi) is 5.73. The molecule has 1 atom stereocenters. The quantitative estimate of drug-likeness (QED) is 0.610. The molecule has 1 aromatic rings. The molecule has 5 nitrogen and oxygen atoms in total. The van der Waals surface area contributed by atoms with Gasteiger partial charge in [0.1, 0.15) is 11.8 Å². The van der Waals surface area contributed by atoms with Gasteiger partial charge in [-0.25, -0.2) is 4.79 Å². The van der Waals surface area contributed by atoms with Gasteiger partial charge in [-0.05, 0) is 12.5 Å². The molecule has 19 heavy (non-hydrogen) atoms. The number of carbonyl (C=O) groups excluding carboxylic acids is 3. The van der Waals surface area contributed by atoms with Crippen molar-refractivity contribution in [2.75, 3.05) is 7.11 Å². The van der Waals surface area contributed by atoms with Crippen molar-refractivity contribution in [3.05, 3.63) is 35.9 Å². The Hall–Kier alpha value is -2.17. The summed E-state index contributed by atoms with van der Waals surface area (Å²) in [4.78, 5) is 34.0. The smallest absolute Gasteiger partial charge is 0.328 e. The Labute approximate surface area is 111 Å². The minimum Gasteiger partial charge on any atom is -0.467 e. The fourth-order valence-corrected chi connectivity index (χ4v) is 1.66. The average molecular weight is 263 g/mol. The van der Waals surface area contributed by atoms with E-state index in [1.165, 1.54) is 14.0 Å². The molecule has 0 saturated heterocycles. The summed E-state index contributed by atoms with van der Waals surface area (Å²) in [5.41, 5.74) is 0.904. The first-order valence-corrected chi connectivity index (χ1v) is 5.93. The van der Waals surface area contributed by atoms with Crippen LogP contribution in [-0.2, 0) is 25.5 Å². The van der Waals surface area contributed by atoms with Crippen molar-refractivity contribution in [1.82, 2.24) is 5.32 Å². The Morgan fingerprint density at radius 2 is 1.84 bits per heavy atom. The van der Waals surface area contributed by atoms with Gasteiger partial charge in [-0.1, -0.05) is 30.3 Å². The third-order valence-corrected chi connectivity index (χ3v) is 2.51. The van der Waals surface area contributed by atoms with Gasteiger partial charge in [0.25, 0.3) is 0 Å². The van der Waals surface area contributed by atoms with Gasteiger partial charge in [-0.3, -0.25) is 9.59 Å². The average Bonchev–Trinajstić information content (AvgIpc) is 2.37. The summed E-state index contributed by atoms with van der Waals surface area (Å²) in [5.74, 6) is -1.25. The molecule has 0 spiro atoms. The molecule has 102 valence electrons. The summed E-state index contributed by atoms with van der Waals surface area (Å²) >= 11 is 0. The monoisotopic (exact) mass is 263 g/mol. The Morgan fingerprint density at radius 1 is 1.21 bits per heavy atom. The summed E-state index contributed by atoms with van der Waals surface area (Å²) in [6, 6.07) is 8.49. The van der Waals surface area contributed by atoms with Crippen molar-refractivity contribution in [3.8, 4) is 0 Å². The number of hydrogen-bond acceptors (Lipinski definition) is 4. The molecule has 0 bridgehead atoms. The molecule has 0 aliphatic rings. The van der Waals surface area contributed by atoms with Crippen LogP contribution in [0.2, 0.25) is 0 Å². The van der Waals surface area contributed by atoms with Gasteiger partial charge >= 0.3 is 5.97 Å². The normalized spacial score (nSPS) is 11.5. The Balaban J connectivity index is 2.70. The van der Waals surface area contributed by atoms with Crippen LogP contribution in [-0.4, -0.2) is 30.8 Å². The highest BCUT2D eigenvalue weighted by Gasteiger charge is 2.22. The summed E-state index contributed by atoms with van der Waals surface area (Å²) in [5, 5.41) is 2.51. The Bertz CT molecular complexity index is 456. The van der Waals surface area contributed by atoms with Crippen LogP contribution < -0.4 is 5.32 Å². The number of nitrogens with one attached hydrogen (secondary N) is 1. The topological polar surface area (TPSA) is 72.5 Å². The molecule has 0 aromatic heterocycles. The lowest BCUT2D eigenvalue weighted by Gasteiger charge is -2.16. The first kappa shape index (κ1) is 14.9. The van der Waals surface area contributed by atoms with Gasteiger partial charge in [-0.2, -0.15) is 0 Å². The molecule has 1 N–H and O–H groups in total. The van der Waals surface area contributed by atoms with Gasteiger partial charge in [0, 0.05) is 6.42 Å². The molecule has 0 fully saturated rings. The molecular formula is C14H17NO4. The molecule has 0 radical (unpaired) electrons. The largest absolute Gasteiger partial charge is 0.467 e. The van der Waals surface area contributed by atoms with E-state index < -0.39 is 17.9 Å². The van der Waals surface area contributed by atoms with Crippen LogP contribution in [0.4, 0.5) is 0 Å². The van der Waals surface area contributed by atoms with Crippen LogP contribution in [0.5, 0.6) is 0 Å². The van der Waals surface area contributed by atoms with Gasteiger partial charge in [0.2, 0.25) is 5.91 Å². The number of carbonyl (C=O) groups is 3. The predicted molar refractivity (Wildman–Crippen MR) is 69.4 cm³/mol. The zero-order valence-electron chi connectivity index (χ0n) is 11.0. The van der Waals surface area contributed by atoms with E-state index >= 15 is 0 Å². The molecule has 1 rings (SSSR count). The van der Waals surface area contributed by atoms with Crippen molar-refractivity contribution in [2.45, 2.75) is 25.8 Å². The van der Waals surface area contributed by atoms with E-state index in [0.717, 1.165) is 5.56 Å². The zero-order chi connectivity index (χ0) is 14.3. The second-order valence-electron chi connectivity index (χ2n) is 4.21. The van der Waals surface area contributed by atoms with Crippen LogP contribution >= 0.6 is 0 Å². The number of ketones is 1. The number of Topliss-reactive ketones (excluding diaryl/α,β-unsaturated/α-hetero) is 1. The summed E-state index contributed by atoms with van der Waals surface area (Å²) in [6.45, 7) is 1.32. The maximum atomic E-state index is 11.6. The van der Waals surface area contributed by atoms with E-state index in [-0.39, 0.29) is 12.2 Å². The predicted octanol–water partition coefficient (Wildman–Crippen LogP) is 0.866. The van der Waals surface area contributed by atoms with Gasteiger partial charge in [-0.15, -0.1) is 0 Å². The highest BCUT2D eigenvalue weighted by molar-refractivity contribution is 5.98. The maximum Gasteiger partial charge on any atom is 0.328 e. The first-order valence-electron chi connectivity index (χ1n) is 5.93. The number of benzene rings is 1. The maximum absolute atomic E-state index is 11.6. The lowest BCUT2D eigenvalue weighted by molar-refractivity contribution is -0.145. The Morgan fingerprint density at radius 3 is 2.37 bits per heavy atom. The molecule has 1 aromatic carbocycles. The number of hydrogen-bond donors (Lipinski definition) is 1.